The number of anilines is 1. The van der Waals surface area contributed by atoms with Gasteiger partial charge in [0.2, 0.25) is 0 Å². The Hall–Kier alpha value is -3.02. The van der Waals surface area contributed by atoms with Gasteiger partial charge in [-0.05, 0) is 49.1 Å². The smallest absolute Gasteiger partial charge is 0.319 e. The predicted octanol–water partition coefficient (Wildman–Crippen LogP) is 3.63. The first-order valence-corrected chi connectivity index (χ1v) is 8.28. The number of urea groups is 1. The molecule has 0 aliphatic rings. The number of carbonyl (C=O) groups excluding carboxylic acids is 1. The number of H-pyrrole nitrogens is 1. The molecule has 0 radical (unpaired) electrons. The molecule has 2 aromatic carbocycles. The van der Waals surface area contributed by atoms with Crippen molar-refractivity contribution in [3.05, 3.63) is 53.7 Å². The summed E-state index contributed by atoms with van der Waals surface area (Å²) in [6.45, 7) is 2.61. The van der Waals surface area contributed by atoms with Crippen molar-refractivity contribution < 1.29 is 9.53 Å². The van der Waals surface area contributed by atoms with Crippen LogP contribution < -0.4 is 15.4 Å². The van der Waals surface area contributed by atoms with Gasteiger partial charge in [0.1, 0.15) is 5.75 Å². The van der Waals surface area contributed by atoms with E-state index in [1.54, 1.807) is 13.3 Å². The van der Waals surface area contributed by atoms with E-state index in [4.69, 9.17) is 4.74 Å². The van der Waals surface area contributed by atoms with Crippen LogP contribution in [0.4, 0.5) is 10.5 Å². The maximum absolute atomic E-state index is 12.1. The highest BCUT2D eigenvalue weighted by Gasteiger charge is 2.08. The Labute approximate surface area is 146 Å². The molecule has 0 unspecified atom stereocenters. The molecule has 0 aliphatic carbocycles. The lowest BCUT2D eigenvalue weighted by molar-refractivity contribution is 0.252. The summed E-state index contributed by atoms with van der Waals surface area (Å²) in [6, 6.07) is 11.6. The highest BCUT2D eigenvalue weighted by atomic mass is 16.5. The van der Waals surface area contributed by atoms with Gasteiger partial charge in [-0.3, -0.25) is 5.10 Å². The van der Waals surface area contributed by atoms with E-state index >= 15 is 0 Å². The number of hydrogen-bond acceptors (Lipinski definition) is 3. The number of hydrogen-bond donors (Lipinski definition) is 3. The molecular weight excluding hydrogens is 316 g/mol. The van der Waals surface area contributed by atoms with Gasteiger partial charge < -0.3 is 15.4 Å². The second-order valence-corrected chi connectivity index (χ2v) is 5.92. The van der Waals surface area contributed by atoms with Crippen molar-refractivity contribution in [2.24, 2.45) is 0 Å². The third-order valence-electron chi connectivity index (χ3n) is 4.14. The highest BCUT2D eigenvalue weighted by Crippen LogP contribution is 2.23. The van der Waals surface area contributed by atoms with Crippen LogP contribution in [0, 0.1) is 6.92 Å². The molecule has 0 aliphatic heterocycles. The number of carbonyl (C=O) groups is 1. The van der Waals surface area contributed by atoms with Crippen LogP contribution in [-0.2, 0) is 6.42 Å². The van der Waals surface area contributed by atoms with Gasteiger partial charge in [0.25, 0.3) is 0 Å². The molecule has 0 atom stereocenters. The molecule has 0 bridgehead atoms. The fraction of sp³-hybridized carbons (Fsp3) is 0.263. The summed E-state index contributed by atoms with van der Waals surface area (Å²) < 4.78 is 5.21. The minimum atomic E-state index is -0.217. The Bertz CT molecular complexity index is 873. The zero-order valence-corrected chi connectivity index (χ0v) is 14.4. The fourth-order valence-electron chi connectivity index (χ4n) is 2.76. The highest BCUT2D eigenvalue weighted by molar-refractivity contribution is 6.00. The molecule has 6 nitrogen and oxygen atoms in total. The van der Waals surface area contributed by atoms with Gasteiger partial charge in [-0.15, -0.1) is 0 Å². The quantitative estimate of drug-likeness (QED) is 0.601. The summed E-state index contributed by atoms with van der Waals surface area (Å²) in [4.78, 5) is 12.1. The van der Waals surface area contributed by atoms with E-state index in [9.17, 15) is 4.79 Å². The van der Waals surface area contributed by atoms with Crippen LogP contribution in [0.3, 0.4) is 0 Å². The van der Waals surface area contributed by atoms with Crippen LogP contribution in [-0.4, -0.2) is 29.9 Å². The molecule has 6 heteroatoms. The van der Waals surface area contributed by atoms with E-state index in [1.807, 2.05) is 37.3 Å². The maximum Gasteiger partial charge on any atom is 0.319 e. The van der Waals surface area contributed by atoms with Gasteiger partial charge in [0.15, 0.2) is 0 Å². The van der Waals surface area contributed by atoms with Crippen LogP contribution in [0.15, 0.2) is 42.6 Å². The molecule has 0 saturated carbocycles. The SMILES string of the molecule is COc1cccc(CCCNC(=O)Nc2ccc(C)c3cn[nH]c23)c1. The summed E-state index contributed by atoms with van der Waals surface area (Å²) in [5.41, 5.74) is 3.88. The van der Waals surface area contributed by atoms with E-state index in [0.717, 1.165) is 40.7 Å². The minimum Gasteiger partial charge on any atom is -0.497 e. The molecule has 130 valence electrons. The Morgan fingerprint density at radius 1 is 1.28 bits per heavy atom. The maximum atomic E-state index is 12.1. The number of aromatic amines is 1. The number of benzene rings is 2. The molecule has 0 fully saturated rings. The number of rotatable bonds is 6. The van der Waals surface area contributed by atoms with Crippen molar-refractivity contribution in [1.82, 2.24) is 15.5 Å². The topological polar surface area (TPSA) is 79.0 Å². The van der Waals surface area contributed by atoms with Crippen molar-refractivity contribution >= 4 is 22.6 Å². The van der Waals surface area contributed by atoms with Gasteiger partial charge >= 0.3 is 6.03 Å². The first kappa shape index (κ1) is 16.8. The lowest BCUT2D eigenvalue weighted by Gasteiger charge is -2.09. The Morgan fingerprint density at radius 3 is 3.00 bits per heavy atom. The van der Waals surface area contributed by atoms with Crippen LogP contribution >= 0.6 is 0 Å². The van der Waals surface area contributed by atoms with Gasteiger partial charge in [-0.2, -0.15) is 5.10 Å². The third-order valence-corrected chi connectivity index (χ3v) is 4.14. The first-order valence-electron chi connectivity index (χ1n) is 8.28. The van der Waals surface area contributed by atoms with E-state index in [1.165, 1.54) is 5.56 Å². The second-order valence-electron chi connectivity index (χ2n) is 5.92. The zero-order valence-electron chi connectivity index (χ0n) is 14.4. The average Bonchev–Trinajstić information content (AvgIpc) is 3.12. The normalized spacial score (nSPS) is 10.6. The molecule has 0 saturated heterocycles. The van der Waals surface area contributed by atoms with Crippen LogP contribution in [0.1, 0.15) is 17.5 Å². The predicted molar refractivity (Wildman–Crippen MR) is 99.2 cm³/mol. The minimum absolute atomic E-state index is 0.217. The molecule has 1 aromatic heterocycles. The van der Waals surface area contributed by atoms with Crippen LogP contribution in [0.2, 0.25) is 0 Å². The molecule has 3 N–H and O–H groups in total. The van der Waals surface area contributed by atoms with Gasteiger partial charge in [0.05, 0.1) is 24.5 Å². The van der Waals surface area contributed by atoms with E-state index < -0.39 is 0 Å². The monoisotopic (exact) mass is 338 g/mol. The lowest BCUT2D eigenvalue weighted by atomic mass is 10.1. The second kappa shape index (κ2) is 7.70. The Morgan fingerprint density at radius 2 is 2.16 bits per heavy atom. The van der Waals surface area contributed by atoms with Crippen molar-refractivity contribution in [3.8, 4) is 5.75 Å². The third kappa shape index (κ3) is 4.09. The summed E-state index contributed by atoms with van der Waals surface area (Å²) in [6.07, 6.45) is 3.50. The summed E-state index contributed by atoms with van der Waals surface area (Å²) in [5, 5.41) is 13.7. The van der Waals surface area contributed by atoms with Crippen molar-refractivity contribution in [1.29, 1.82) is 0 Å². The largest absolute Gasteiger partial charge is 0.497 e. The first-order chi connectivity index (χ1) is 12.2. The van der Waals surface area contributed by atoms with Gasteiger partial charge in [-0.1, -0.05) is 18.2 Å². The van der Waals surface area contributed by atoms with Crippen molar-refractivity contribution in [2.75, 3.05) is 19.0 Å². The number of aryl methyl sites for hydroxylation is 2. The van der Waals surface area contributed by atoms with E-state index in [-0.39, 0.29) is 6.03 Å². The molecule has 1 heterocycles. The van der Waals surface area contributed by atoms with Crippen LogP contribution in [0.25, 0.3) is 10.9 Å². The lowest BCUT2D eigenvalue weighted by Crippen LogP contribution is -2.29. The van der Waals surface area contributed by atoms with Crippen molar-refractivity contribution in [3.63, 3.8) is 0 Å². The summed E-state index contributed by atoms with van der Waals surface area (Å²) in [7, 11) is 1.66. The number of fused-ring (bicyclic) bond motifs is 1. The van der Waals surface area contributed by atoms with E-state index in [2.05, 4.69) is 26.9 Å². The summed E-state index contributed by atoms with van der Waals surface area (Å²) in [5.74, 6) is 0.853. The van der Waals surface area contributed by atoms with Gasteiger partial charge in [-0.25, -0.2) is 4.79 Å². The van der Waals surface area contributed by atoms with Gasteiger partial charge in [0, 0.05) is 11.9 Å². The number of aromatic nitrogens is 2. The molecule has 25 heavy (non-hydrogen) atoms. The standard InChI is InChI=1S/C19H22N4O2/c1-13-8-9-17(18-16(13)12-21-23-18)22-19(24)20-10-4-6-14-5-3-7-15(11-14)25-2/h3,5,7-9,11-12H,4,6,10H2,1-2H3,(H,21,23)(H2,20,22,24). The zero-order chi connectivity index (χ0) is 17.6. The molecule has 0 spiro atoms. The molecule has 2 amide bonds. The Kier molecular flexibility index (Phi) is 5.18. The molecule has 3 rings (SSSR count). The van der Waals surface area contributed by atoms with Crippen molar-refractivity contribution in [2.45, 2.75) is 19.8 Å². The van der Waals surface area contributed by atoms with Crippen LogP contribution in [0.5, 0.6) is 5.75 Å². The number of methoxy groups -OCH3 is 1. The summed E-state index contributed by atoms with van der Waals surface area (Å²) >= 11 is 0. The van der Waals surface area contributed by atoms with E-state index in [0.29, 0.717) is 6.54 Å². The number of nitrogens with one attached hydrogen (secondary N) is 3. The molecule has 3 aromatic rings. The fourth-order valence-corrected chi connectivity index (χ4v) is 2.76. The Balaban J connectivity index is 1.49. The average molecular weight is 338 g/mol. The number of nitrogens with zero attached hydrogens (tertiary/aromatic N) is 1. The number of ether oxygens (including phenoxy) is 1. The molecular formula is C19H22N4O2. The number of amides is 2.